The van der Waals surface area contributed by atoms with E-state index in [0.717, 1.165) is 24.7 Å². The molecule has 94 valence electrons. The Kier molecular flexibility index (Phi) is 6.73. The Morgan fingerprint density at radius 1 is 1.31 bits per heavy atom. The zero-order valence-electron chi connectivity index (χ0n) is 10.6. The molecular formula is C12H25N3S. The van der Waals surface area contributed by atoms with Crippen LogP contribution in [0.2, 0.25) is 0 Å². The first-order chi connectivity index (χ1) is 7.72. The van der Waals surface area contributed by atoms with Gasteiger partial charge in [-0.3, -0.25) is 0 Å². The van der Waals surface area contributed by atoms with Crippen molar-refractivity contribution in [2.24, 2.45) is 0 Å². The number of hydrogen-bond acceptors (Lipinski definition) is 2. The Morgan fingerprint density at radius 3 is 2.62 bits per heavy atom. The van der Waals surface area contributed by atoms with Crippen molar-refractivity contribution >= 4 is 17.3 Å². The molecule has 0 aliphatic heterocycles. The first-order valence-electron chi connectivity index (χ1n) is 6.45. The molecule has 0 spiro atoms. The van der Waals surface area contributed by atoms with Crippen LogP contribution >= 0.6 is 12.2 Å². The van der Waals surface area contributed by atoms with Crippen LogP contribution in [-0.2, 0) is 0 Å². The highest BCUT2D eigenvalue weighted by atomic mass is 32.1. The fourth-order valence-corrected chi connectivity index (χ4v) is 2.27. The third kappa shape index (κ3) is 5.66. The number of hydrogen-bond donors (Lipinski definition) is 2. The second-order valence-electron chi connectivity index (χ2n) is 4.63. The van der Waals surface area contributed by atoms with Gasteiger partial charge >= 0.3 is 0 Å². The molecule has 0 heterocycles. The van der Waals surface area contributed by atoms with Gasteiger partial charge in [0.15, 0.2) is 5.11 Å². The first kappa shape index (κ1) is 13.7. The molecule has 16 heavy (non-hydrogen) atoms. The molecule has 0 aromatic heterocycles. The first-order valence-corrected chi connectivity index (χ1v) is 6.86. The molecule has 0 amide bonds. The molecule has 1 aliphatic rings. The van der Waals surface area contributed by atoms with Gasteiger partial charge in [-0.15, -0.1) is 0 Å². The lowest BCUT2D eigenvalue weighted by Crippen LogP contribution is -2.44. The lowest BCUT2D eigenvalue weighted by molar-refractivity contribution is 0.356. The van der Waals surface area contributed by atoms with Gasteiger partial charge in [-0.1, -0.05) is 26.2 Å². The minimum atomic E-state index is 0.609. The molecule has 0 atom stereocenters. The molecule has 0 aromatic rings. The van der Waals surface area contributed by atoms with E-state index in [9.17, 15) is 0 Å². The van der Waals surface area contributed by atoms with E-state index in [1.807, 2.05) is 0 Å². The zero-order chi connectivity index (χ0) is 11.8. The Bertz CT molecular complexity index is 202. The molecule has 0 radical (unpaired) electrons. The second-order valence-corrected chi connectivity index (χ2v) is 5.04. The molecule has 1 aliphatic carbocycles. The van der Waals surface area contributed by atoms with Gasteiger partial charge in [0.05, 0.1) is 0 Å². The normalized spacial score (nSPS) is 17.4. The summed E-state index contributed by atoms with van der Waals surface area (Å²) in [5.41, 5.74) is 0. The molecule has 1 saturated carbocycles. The van der Waals surface area contributed by atoms with Crippen molar-refractivity contribution in [1.29, 1.82) is 0 Å². The second kappa shape index (κ2) is 7.85. The van der Waals surface area contributed by atoms with E-state index >= 15 is 0 Å². The molecular weight excluding hydrogens is 218 g/mol. The highest BCUT2D eigenvalue weighted by molar-refractivity contribution is 7.80. The number of nitrogens with one attached hydrogen (secondary N) is 2. The number of rotatable bonds is 5. The Morgan fingerprint density at radius 2 is 2.00 bits per heavy atom. The minimum absolute atomic E-state index is 0.609. The summed E-state index contributed by atoms with van der Waals surface area (Å²) in [4.78, 5) is 2.27. The molecule has 0 bridgehead atoms. The molecule has 0 saturated heterocycles. The Hall–Kier alpha value is -0.350. The summed E-state index contributed by atoms with van der Waals surface area (Å²) in [6, 6.07) is 0.609. The fraction of sp³-hybridized carbons (Fsp3) is 0.917. The van der Waals surface area contributed by atoms with Crippen LogP contribution in [0.3, 0.4) is 0 Å². The van der Waals surface area contributed by atoms with Gasteiger partial charge in [0.25, 0.3) is 0 Å². The molecule has 2 N–H and O–H groups in total. The van der Waals surface area contributed by atoms with Crippen LogP contribution in [0.15, 0.2) is 0 Å². The summed E-state index contributed by atoms with van der Waals surface area (Å²) in [6.45, 7) is 5.23. The number of likely N-dealkylation sites (N-methyl/N-ethyl adjacent to an activating group) is 1. The van der Waals surface area contributed by atoms with Crippen LogP contribution < -0.4 is 10.6 Å². The van der Waals surface area contributed by atoms with Crippen LogP contribution in [0.25, 0.3) is 0 Å². The summed E-state index contributed by atoms with van der Waals surface area (Å²) in [5, 5.41) is 7.52. The van der Waals surface area contributed by atoms with Crippen molar-refractivity contribution in [2.45, 2.75) is 45.1 Å². The van der Waals surface area contributed by atoms with Crippen molar-refractivity contribution in [3.05, 3.63) is 0 Å². The van der Waals surface area contributed by atoms with E-state index in [4.69, 9.17) is 12.2 Å². The predicted octanol–water partition coefficient (Wildman–Crippen LogP) is 1.73. The van der Waals surface area contributed by atoms with Gasteiger partial charge in [0.1, 0.15) is 0 Å². The van der Waals surface area contributed by atoms with Gasteiger partial charge in [-0.05, 0) is 38.7 Å². The number of thiocarbonyl (C=S) groups is 1. The van der Waals surface area contributed by atoms with Crippen LogP contribution in [0.5, 0.6) is 0 Å². The standard InChI is InChI=1S/C12H25N3S/c1-3-15(2)10-9-13-12(16)14-11-7-5-4-6-8-11/h11H,3-10H2,1-2H3,(H2,13,14,16). The quantitative estimate of drug-likeness (QED) is 0.719. The average Bonchev–Trinajstić information content (AvgIpc) is 2.30. The van der Waals surface area contributed by atoms with Gasteiger partial charge < -0.3 is 15.5 Å². The topological polar surface area (TPSA) is 27.3 Å². The van der Waals surface area contributed by atoms with Crippen molar-refractivity contribution in [3.63, 3.8) is 0 Å². The summed E-state index contributed by atoms with van der Waals surface area (Å²) in [5.74, 6) is 0. The molecule has 4 heteroatoms. The van der Waals surface area contributed by atoms with Crippen molar-refractivity contribution in [1.82, 2.24) is 15.5 Å². The van der Waals surface area contributed by atoms with Crippen molar-refractivity contribution in [2.75, 3.05) is 26.7 Å². The lowest BCUT2D eigenvalue weighted by atomic mass is 9.96. The lowest BCUT2D eigenvalue weighted by Gasteiger charge is -2.24. The summed E-state index contributed by atoms with van der Waals surface area (Å²) < 4.78 is 0. The van der Waals surface area contributed by atoms with Crippen LogP contribution in [0, 0.1) is 0 Å². The maximum absolute atomic E-state index is 5.28. The molecule has 1 rings (SSSR count). The van der Waals surface area contributed by atoms with Crippen LogP contribution in [0.4, 0.5) is 0 Å². The summed E-state index contributed by atoms with van der Waals surface area (Å²) in [7, 11) is 2.12. The third-order valence-electron chi connectivity index (χ3n) is 3.26. The predicted molar refractivity (Wildman–Crippen MR) is 73.8 cm³/mol. The molecule has 0 aromatic carbocycles. The Balaban J connectivity index is 2.05. The van der Waals surface area contributed by atoms with Gasteiger partial charge in [-0.2, -0.15) is 0 Å². The van der Waals surface area contributed by atoms with Crippen molar-refractivity contribution in [3.8, 4) is 0 Å². The van der Waals surface area contributed by atoms with E-state index in [0.29, 0.717) is 6.04 Å². The molecule has 1 fully saturated rings. The summed E-state index contributed by atoms with van der Waals surface area (Å²) >= 11 is 5.28. The molecule has 3 nitrogen and oxygen atoms in total. The van der Waals surface area contributed by atoms with Crippen LogP contribution in [-0.4, -0.2) is 42.7 Å². The van der Waals surface area contributed by atoms with E-state index in [-0.39, 0.29) is 0 Å². The van der Waals surface area contributed by atoms with Crippen LogP contribution in [0.1, 0.15) is 39.0 Å². The van der Waals surface area contributed by atoms with E-state index in [1.54, 1.807) is 0 Å². The van der Waals surface area contributed by atoms with Gasteiger partial charge in [-0.25, -0.2) is 0 Å². The van der Waals surface area contributed by atoms with Gasteiger partial charge in [0.2, 0.25) is 0 Å². The zero-order valence-corrected chi connectivity index (χ0v) is 11.4. The minimum Gasteiger partial charge on any atom is -0.361 e. The maximum atomic E-state index is 5.28. The Labute approximate surface area is 105 Å². The van der Waals surface area contributed by atoms with E-state index in [2.05, 4.69) is 29.5 Å². The number of nitrogens with zero attached hydrogens (tertiary/aromatic N) is 1. The van der Waals surface area contributed by atoms with Gasteiger partial charge in [0, 0.05) is 19.1 Å². The fourth-order valence-electron chi connectivity index (χ4n) is 2.00. The smallest absolute Gasteiger partial charge is 0.166 e. The monoisotopic (exact) mass is 243 g/mol. The molecule has 0 unspecified atom stereocenters. The van der Waals surface area contributed by atoms with E-state index in [1.165, 1.54) is 32.1 Å². The van der Waals surface area contributed by atoms with Crippen molar-refractivity contribution < 1.29 is 0 Å². The average molecular weight is 243 g/mol. The third-order valence-corrected chi connectivity index (χ3v) is 3.52. The highest BCUT2D eigenvalue weighted by Gasteiger charge is 2.13. The highest BCUT2D eigenvalue weighted by Crippen LogP contribution is 2.17. The largest absolute Gasteiger partial charge is 0.361 e. The maximum Gasteiger partial charge on any atom is 0.166 e. The van der Waals surface area contributed by atoms with E-state index < -0.39 is 0 Å². The summed E-state index contributed by atoms with van der Waals surface area (Å²) in [6.07, 6.45) is 6.63. The SMILES string of the molecule is CCN(C)CCNC(=S)NC1CCCCC1.